The van der Waals surface area contributed by atoms with Crippen molar-refractivity contribution in [3.8, 4) is 17.0 Å². The van der Waals surface area contributed by atoms with Crippen LogP contribution in [0.3, 0.4) is 0 Å². The standard InChI is InChI=1S/C21H23N3O2S/c1-14-5-7-16(8-6-14)17-12-27-21-19(17)20(22-13-23-21)26-11-18(25)24-9-3-4-15(2)10-24/h5-8,12-13,15H,3-4,9-11H2,1-2H3. The summed E-state index contributed by atoms with van der Waals surface area (Å²) in [6.45, 7) is 5.91. The summed E-state index contributed by atoms with van der Waals surface area (Å²) in [5, 5.41) is 2.96. The number of carbonyl (C=O) groups is 1. The van der Waals surface area contributed by atoms with Gasteiger partial charge in [-0.2, -0.15) is 0 Å². The molecule has 0 aliphatic carbocycles. The molecule has 2 aromatic heterocycles. The third kappa shape index (κ3) is 3.81. The molecule has 1 aliphatic rings. The Bertz CT molecular complexity index is 952. The van der Waals surface area contributed by atoms with Gasteiger partial charge in [-0.25, -0.2) is 9.97 Å². The topological polar surface area (TPSA) is 55.3 Å². The van der Waals surface area contributed by atoms with E-state index in [9.17, 15) is 4.79 Å². The largest absolute Gasteiger partial charge is 0.467 e. The highest BCUT2D eigenvalue weighted by atomic mass is 32.1. The lowest BCUT2D eigenvalue weighted by atomic mass is 10.0. The molecule has 5 nitrogen and oxygen atoms in total. The maximum atomic E-state index is 12.5. The molecule has 140 valence electrons. The predicted molar refractivity (Wildman–Crippen MR) is 108 cm³/mol. The van der Waals surface area contributed by atoms with E-state index in [0.29, 0.717) is 11.8 Å². The Morgan fingerprint density at radius 3 is 2.89 bits per heavy atom. The van der Waals surface area contributed by atoms with E-state index in [2.05, 4.69) is 53.5 Å². The van der Waals surface area contributed by atoms with Gasteiger partial charge in [-0.05, 0) is 31.2 Å². The minimum Gasteiger partial charge on any atom is -0.467 e. The van der Waals surface area contributed by atoms with Crippen molar-refractivity contribution in [1.82, 2.24) is 14.9 Å². The number of hydrogen-bond donors (Lipinski definition) is 0. The first-order valence-electron chi connectivity index (χ1n) is 9.31. The third-order valence-electron chi connectivity index (χ3n) is 5.04. The maximum Gasteiger partial charge on any atom is 0.260 e. The number of likely N-dealkylation sites (tertiary alicyclic amines) is 1. The van der Waals surface area contributed by atoms with E-state index in [-0.39, 0.29) is 12.5 Å². The monoisotopic (exact) mass is 381 g/mol. The molecule has 0 radical (unpaired) electrons. The highest BCUT2D eigenvalue weighted by Crippen LogP contribution is 2.37. The third-order valence-corrected chi connectivity index (χ3v) is 5.93. The van der Waals surface area contributed by atoms with E-state index < -0.39 is 0 Å². The zero-order chi connectivity index (χ0) is 18.8. The van der Waals surface area contributed by atoms with Crippen LogP contribution in [-0.2, 0) is 4.79 Å². The first-order chi connectivity index (χ1) is 13.1. The average molecular weight is 382 g/mol. The first kappa shape index (κ1) is 17.9. The van der Waals surface area contributed by atoms with E-state index in [1.165, 1.54) is 18.3 Å². The molecule has 1 saturated heterocycles. The van der Waals surface area contributed by atoms with Gasteiger partial charge in [0, 0.05) is 24.0 Å². The molecule has 4 rings (SSSR count). The molecule has 1 aromatic carbocycles. The average Bonchev–Trinajstić information content (AvgIpc) is 3.11. The fourth-order valence-corrected chi connectivity index (χ4v) is 4.45. The number of ether oxygens (including phenoxy) is 1. The number of piperidine rings is 1. The number of rotatable bonds is 4. The molecular weight excluding hydrogens is 358 g/mol. The summed E-state index contributed by atoms with van der Waals surface area (Å²) in [5.41, 5.74) is 3.36. The number of amides is 1. The number of benzene rings is 1. The molecule has 3 aromatic rings. The molecule has 1 atom stereocenters. The van der Waals surface area contributed by atoms with Crippen LogP contribution in [0.25, 0.3) is 21.3 Å². The normalized spacial score (nSPS) is 17.3. The summed E-state index contributed by atoms with van der Waals surface area (Å²) in [6, 6.07) is 8.36. The lowest BCUT2D eigenvalue weighted by molar-refractivity contribution is -0.135. The summed E-state index contributed by atoms with van der Waals surface area (Å²) >= 11 is 1.56. The number of hydrogen-bond acceptors (Lipinski definition) is 5. The van der Waals surface area contributed by atoms with Gasteiger partial charge in [0.05, 0.1) is 5.39 Å². The number of thiophene rings is 1. The number of aromatic nitrogens is 2. The number of aryl methyl sites for hydroxylation is 1. The molecule has 27 heavy (non-hydrogen) atoms. The predicted octanol–water partition coefficient (Wildman–Crippen LogP) is 4.30. The summed E-state index contributed by atoms with van der Waals surface area (Å²) in [7, 11) is 0. The lowest BCUT2D eigenvalue weighted by Gasteiger charge is -2.30. The highest BCUT2D eigenvalue weighted by molar-refractivity contribution is 7.17. The van der Waals surface area contributed by atoms with Gasteiger partial charge in [-0.1, -0.05) is 36.8 Å². The molecule has 1 unspecified atom stereocenters. The molecule has 0 N–H and O–H groups in total. The van der Waals surface area contributed by atoms with Gasteiger partial charge in [-0.15, -0.1) is 11.3 Å². The number of nitrogens with zero attached hydrogens (tertiary/aromatic N) is 3. The van der Waals surface area contributed by atoms with Gasteiger partial charge in [-0.3, -0.25) is 4.79 Å². The Morgan fingerprint density at radius 2 is 2.11 bits per heavy atom. The Hall–Kier alpha value is -2.47. The SMILES string of the molecule is Cc1ccc(-c2csc3ncnc(OCC(=O)N4CCCC(C)C4)c23)cc1. The Balaban J connectivity index is 1.57. The van der Waals surface area contributed by atoms with E-state index >= 15 is 0 Å². The summed E-state index contributed by atoms with van der Waals surface area (Å²) in [4.78, 5) is 24.0. The van der Waals surface area contributed by atoms with Crippen molar-refractivity contribution >= 4 is 27.5 Å². The number of fused-ring (bicyclic) bond motifs is 1. The molecule has 0 saturated carbocycles. The van der Waals surface area contributed by atoms with Gasteiger partial charge < -0.3 is 9.64 Å². The van der Waals surface area contributed by atoms with Gasteiger partial charge in [0.1, 0.15) is 11.2 Å². The fraction of sp³-hybridized carbons (Fsp3) is 0.381. The van der Waals surface area contributed by atoms with Crippen LogP contribution in [0.4, 0.5) is 0 Å². The Morgan fingerprint density at radius 1 is 1.30 bits per heavy atom. The molecule has 1 fully saturated rings. The van der Waals surface area contributed by atoms with Crippen molar-refractivity contribution in [2.24, 2.45) is 5.92 Å². The van der Waals surface area contributed by atoms with Crippen molar-refractivity contribution in [2.75, 3.05) is 19.7 Å². The van der Waals surface area contributed by atoms with Crippen molar-refractivity contribution in [1.29, 1.82) is 0 Å². The van der Waals surface area contributed by atoms with Gasteiger partial charge in [0.25, 0.3) is 5.91 Å². The zero-order valence-corrected chi connectivity index (χ0v) is 16.5. The van der Waals surface area contributed by atoms with Gasteiger partial charge >= 0.3 is 0 Å². The molecular formula is C21H23N3O2S. The van der Waals surface area contributed by atoms with Crippen LogP contribution in [0.2, 0.25) is 0 Å². The van der Waals surface area contributed by atoms with E-state index in [4.69, 9.17) is 4.74 Å². The van der Waals surface area contributed by atoms with E-state index in [1.807, 2.05) is 4.90 Å². The summed E-state index contributed by atoms with van der Waals surface area (Å²) in [5.74, 6) is 1.06. The smallest absolute Gasteiger partial charge is 0.260 e. The molecule has 0 bridgehead atoms. The lowest BCUT2D eigenvalue weighted by Crippen LogP contribution is -2.41. The van der Waals surface area contributed by atoms with Crippen molar-refractivity contribution in [2.45, 2.75) is 26.7 Å². The molecule has 1 aliphatic heterocycles. The molecule has 3 heterocycles. The Labute approximate surface area is 163 Å². The van der Waals surface area contributed by atoms with E-state index in [1.54, 1.807) is 11.3 Å². The second-order valence-corrected chi connectivity index (χ2v) is 8.11. The van der Waals surface area contributed by atoms with Crippen LogP contribution in [0, 0.1) is 12.8 Å². The van der Waals surface area contributed by atoms with Crippen molar-refractivity contribution in [3.63, 3.8) is 0 Å². The second kappa shape index (κ2) is 7.64. The summed E-state index contributed by atoms with van der Waals surface area (Å²) in [6.07, 6.45) is 3.75. The van der Waals surface area contributed by atoms with Crippen LogP contribution in [0.1, 0.15) is 25.3 Å². The van der Waals surface area contributed by atoms with Crippen LogP contribution in [-0.4, -0.2) is 40.5 Å². The van der Waals surface area contributed by atoms with Crippen LogP contribution >= 0.6 is 11.3 Å². The van der Waals surface area contributed by atoms with Crippen molar-refractivity contribution < 1.29 is 9.53 Å². The quantitative estimate of drug-likeness (QED) is 0.676. The number of carbonyl (C=O) groups excluding carboxylic acids is 1. The molecule has 0 spiro atoms. The minimum absolute atomic E-state index is 0.0159. The fourth-order valence-electron chi connectivity index (χ4n) is 3.54. The second-order valence-electron chi connectivity index (χ2n) is 7.25. The molecule has 6 heteroatoms. The summed E-state index contributed by atoms with van der Waals surface area (Å²) < 4.78 is 5.88. The highest BCUT2D eigenvalue weighted by Gasteiger charge is 2.22. The molecule has 1 amide bonds. The van der Waals surface area contributed by atoms with Crippen LogP contribution in [0.5, 0.6) is 5.88 Å². The van der Waals surface area contributed by atoms with Gasteiger partial charge in [0.15, 0.2) is 6.61 Å². The van der Waals surface area contributed by atoms with Crippen LogP contribution in [0.15, 0.2) is 36.0 Å². The maximum absolute atomic E-state index is 12.5. The van der Waals surface area contributed by atoms with Crippen LogP contribution < -0.4 is 4.74 Å². The minimum atomic E-state index is 0.0159. The van der Waals surface area contributed by atoms with Gasteiger partial charge in [0.2, 0.25) is 5.88 Å². The first-order valence-corrected chi connectivity index (χ1v) is 10.2. The van der Waals surface area contributed by atoms with E-state index in [0.717, 1.165) is 40.9 Å². The Kier molecular flexibility index (Phi) is 5.07. The zero-order valence-electron chi connectivity index (χ0n) is 15.6. The van der Waals surface area contributed by atoms with Crippen molar-refractivity contribution in [3.05, 3.63) is 41.5 Å².